The van der Waals surface area contributed by atoms with Crippen LogP contribution in [-0.2, 0) is 11.2 Å². The molecule has 0 amide bonds. The number of carbonyl (C=O) groups excluding carboxylic acids is 1. The van der Waals surface area contributed by atoms with Crippen molar-refractivity contribution in [1.82, 2.24) is 4.90 Å². The number of hydrogen-bond donors (Lipinski definition) is 0. The maximum absolute atomic E-state index is 11.6. The number of esters is 1. The molecule has 22 heavy (non-hydrogen) atoms. The van der Waals surface area contributed by atoms with Gasteiger partial charge in [0.05, 0.1) is 12.2 Å². The van der Waals surface area contributed by atoms with E-state index in [-0.39, 0.29) is 11.5 Å². The Bertz CT molecular complexity index is 479. The summed E-state index contributed by atoms with van der Waals surface area (Å²) in [6, 6.07) is 7.92. The molecule has 0 spiro atoms. The molecule has 0 aliphatic carbocycles. The van der Waals surface area contributed by atoms with Crippen LogP contribution in [0.5, 0.6) is 0 Å². The van der Waals surface area contributed by atoms with E-state index >= 15 is 0 Å². The Morgan fingerprint density at radius 1 is 1.18 bits per heavy atom. The number of ether oxygens (including phenoxy) is 1. The number of nitrogens with zero attached hydrogens (tertiary/aromatic N) is 1. The van der Waals surface area contributed by atoms with Crippen molar-refractivity contribution in [3.63, 3.8) is 0 Å². The molecule has 0 aromatic heterocycles. The van der Waals surface area contributed by atoms with Gasteiger partial charge in [-0.1, -0.05) is 12.1 Å². The molecule has 0 N–H and O–H groups in total. The smallest absolute Gasteiger partial charge is 0.338 e. The van der Waals surface area contributed by atoms with Crippen LogP contribution < -0.4 is 0 Å². The summed E-state index contributed by atoms with van der Waals surface area (Å²) in [7, 11) is 0. The van der Waals surface area contributed by atoms with Gasteiger partial charge in [0.1, 0.15) is 0 Å². The van der Waals surface area contributed by atoms with E-state index in [0.717, 1.165) is 12.3 Å². The first-order chi connectivity index (χ1) is 10.4. The quantitative estimate of drug-likeness (QED) is 0.790. The number of likely N-dealkylation sites (tertiary alicyclic amines) is 1. The fourth-order valence-corrected chi connectivity index (χ4v) is 3.13. The van der Waals surface area contributed by atoms with Crippen molar-refractivity contribution >= 4 is 5.97 Å². The molecule has 1 aliphatic heterocycles. The molecule has 0 unspecified atom stereocenters. The van der Waals surface area contributed by atoms with E-state index < -0.39 is 0 Å². The van der Waals surface area contributed by atoms with Crippen molar-refractivity contribution in [3.8, 4) is 0 Å². The Balaban J connectivity index is 1.86. The third-order valence-corrected chi connectivity index (χ3v) is 4.55. The summed E-state index contributed by atoms with van der Waals surface area (Å²) in [5.41, 5.74) is 2.25. The molecule has 1 aromatic carbocycles. The van der Waals surface area contributed by atoms with E-state index in [1.165, 1.54) is 31.5 Å². The Kier molecular flexibility index (Phi) is 5.63. The zero-order valence-corrected chi connectivity index (χ0v) is 14.4. The third-order valence-electron chi connectivity index (χ3n) is 4.55. The summed E-state index contributed by atoms with van der Waals surface area (Å²) in [4.78, 5) is 14.2. The highest BCUT2D eigenvalue weighted by Gasteiger charge is 2.26. The number of rotatable bonds is 4. The second kappa shape index (κ2) is 7.28. The fourth-order valence-electron chi connectivity index (χ4n) is 3.13. The molecule has 0 atom stereocenters. The molecule has 3 nitrogen and oxygen atoms in total. The lowest BCUT2D eigenvalue weighted by Gasteiger charge is -2.41. The summed E-state index contributed by atoms with van der Waals surface area (Å²) in [6.45, 7) is 11.5. The summed E-state index contributed by atoms with van der Waals surface area (Å²) in [5.74, 6) is 0.527. The van der Waals surface area contributed by atoms with Crippen LogP contribution in [0.1, 0.15) is 56.5 Å². The zero-order chi connectivity index (χ0) is 16.2. The third kappa shape index (κ3) is 4.57. The Morgan fingerprint density at radius 2 is 1.77 bits per heavy atom. The molecule has 1 saturated heterocycles. The van der Waals surface area contributed by atoms with Crippen LogP contribution >= 0.6 is 0 Å². The minimum Gasteiger partial charge on any atom is -0.462 e. The molecule has 1 aliphatic rings. The molecule has 122 valence electrons. The predicted octanol–water partition coefficient (Wildman–Crippen LogP) is 3.92. The number of hydrogen-bond acceptors (Lipinski definition) is 3. The number of benzene rings is 1. The highest BCUT2D eigenvalue weighted by atomic mass is 16.5. The van der Waals surface area contributed by atoms with Gasteiger partial charge in [0.2, 0.25) is 0 Å². The van der Waals surface area contributed by atoms with Gasteiger partial charge in [0, 0.05) is 5.54 Å². The second-order valence-electron chi connectivity index (χ2n) is 7.22. The van der Waals surface area contributed by atoms with Gasteiger partial charge in [-0.05, 0) is 83.7 Å². The minimum atomic E-state index is -0.229. The Labute approximate surface area is 134 Å². The number of carbonyl (C=O) groups is 1. The highest BCUT2D eigenvalue weighted by molar-refractivity contribution is 5.89. The normalized spacial score (nSPS) is 17.5. The van der Waals surface area contributed by atoms with E-state index in [2.05, 4.69) is 37.8 Å². The standard InChI is InChI=1S/C19H29NO2/c1-5-22-18(21)17-8-6-15(7-9-17)14-16-10-12-20(13-11-16)19(2,3)4/h6-9,16H,5,10-14H2,1-4H3. The molecule has 2 rings (SSSR count). The van der Waals surface area contributed by atoms with Crippen molar-refractivity contribution in [2.75, 3.05) is 19.7 Å². The number of piperidine rings is 1. The zero-order valence-electron chi connectivity index (χ0n) is 14.4. The second-order valence-corrected chi connectivity index (χ2v) is 7.22. The largest absolute Gasteiger partial charge is 0.462 e. The molecule has 0 radical (unpaired) electrons. The summed E-state index contributed by atoms with van der Waals surface area (Å²) in [5, 5.41) is 0. The first-order valence-electron chi connectivity index (χ1n) is 8.41. The SMILES string of the molecule is CCOC(=O)c1ccc(CC2CCN(C(C)(C)C)CC2)cc1. The molecule has 1 aromatic rings. The van der Waals surface area contributed by atoms with Crippen LogP contribution in [0, 0.1) is 5.92 Å². The van der Waals surface area contributed by atoms with Crippen LogP contribution in [0.4, 0.5) is 0 Å². The van der Waals surface area contributed by atoms with Crippen LogP contribution in [0.25, 0.3) is 0 Å². The first kappa shape index (κ1) is 17.0. The lowest BCUT2D eigenvalue weighted by molar-refractivity contribution is 0.0526. The van der Waals surface area contributed by atoms with E-state index in [9.17, 15) is 4.79 Å². The van der Waals surface area contributed by atoms with Crippen molar-refractivity contribution in [2.45, 2.75) is 52.5 Å². The average Bonchev–Trinajstić information content (AvgIpc) is 2.48. The fraction of sp³-hybridized carbons (Fsp3) is 0.632. The Hall–Kier alpha value is -1.35. The van der Waals surface area contributed by atoms with Gasteiger partial charge in [0.25, 0.3) is 0 Å². The monoisotopic (exact) mass is 303 g/mol. The molecule has 3 heteroatoms. The van der Waals surface area contributed by atoms with Crippen LogP contribution in [-0.4, -0.2) is 36.1 Å². The summed E-state index contributed by atoms with van der Waals surface area (Å²) < 4.78 is 5.02. The average molecular weight is 303 g/mol. The van der Waals surface area contributed by atoms with Crippen molar-refractivity contribution in [1.29, 1.82) is 0 Å². The van der Waals surface area contributed by atoms with E-state index in [1.807, 2.05) is 19.1 Å². The lowest BCUT2D eigenvalue weighted by Crippen LogP contribution is -2.46. The summed E-state index contributed by atoms with van der Waals surface area (Å²) in [6.07, 6.45) is 3.63. The van der Waals surface area contributed by atoms with Gasteiger partial charge in [-0.15, -0.1) is 0 Å². The van der Waals surface area contributed by atoms with Crippen molar-refractivity contribution in [3.05, 3.63) is 35.4 Å². The van der Waals surface area contributed by atoms with Crippen molar-refractivity contribution in [2.24, 2.45) is 5.92 Å². The Morgan fingerprint density at radius 3 is 2.27 bits per heavy atom. The van der Waals surface area contributed by atoms with Crippen molar-refractivity contribution < 1.29 is 9.53 Å². The highest BCUT2D eigenvalue weighted by Crippen LogP contribution is 2.26. The van der Waals surface area contributed by atoms with Crippen LogP contribution in [0.2, 0.25) is 0 Å². The van der Waals surface area contributed by atoms with E-state index in [4.69, 9.17) is 4.74 Å². The molecule has 0 saturated carbocycles. The maximum Gasteiger partial charge on any atom is 0.338 e. The van der Waals surface area contributed by atoms with Gasteiger partial charge in [-0.2, -0.15) is 0 Å². The maximum atomic E-state index is 11.6. The summed E-state index contributed by atoms with van der Waals surface area (Å²) >= 11 is 0. The van der Waals surface area contributed by atoms with Gasteiger partial charge < -0.3 is 4.74 Å². The molecule has 0 bridgehead atoms. The van der Waals surface area contributed by atoms with Gasteiger partial charge >= 0.3 is 5.97 Å². The van der Waals surface area contributed by atoms with Gasteiger partial charge in [-0.3, -0.25) is 4.90 Å². The van der Waals surface area contributed by atoms with Gasteiger partial charge in [-0.25, -0.2) is 4.79 Å². The predicted molar refractivity (Wildman–Crippen MR) is 90.2 cm³/mol. The lowest BCUT2D eigenvalue weighted by atomic mass is 9.88. The van der Waals surface area contributed by atoms with E-state index in [0.29, 0.717) is 12.2 Å². The molecule has 1 heterocycles. The van der Waals surface area contributed by atoms with E-state index in [1.54, 1.807) is 0 Å². The van der Waals surface area contributed by atoms with Crippen LogP contribution in [0.3, 0.4) is 0 Å². The molecule has 1 fully saturated rings. The van der Waals surface area contributed by atoms with Crippen LogP contribution in [0.15, 0.2) is 24.3 Å². The minimum absolute atomic E-state index is 0.229. The topological polar surface area (TPSA) is 29.5 Å². The molecular weight excluding hydrogens is 274 g/mol. The van der Waals surface area contributed by atoms with Gasteiger partial charge in [0.15, 0.2) is 0 Å². The molecular formula is C19H29NO2. The first-order valence-corrected chi connectivity index (χ1v) is 8.41.